The van der Waals surface area contributed by atoms with E-state index in [0.717, 1.165) is 16.5 Å². The van der Waals surface area contributed by atoms with Crippen molar-refractivity contribution in [3.05, 3.63) is 77.4 Å². The lowest BCUT2D eigenvalue weighted by atomic mass is 10.1. The van der Waals surface area contributed by atoms with Gasteiger partial charge < -0.3 is 4.74 Å². The van der Waals surface area contributed by atoms with Crippen LogP contribution in [-0.4, -0.2) is 37.7 Å². The molecule has 0 saturated carbocycles. The van der Waals surface area contributed by atoms with Crippen molar-refractivity contribution < 1.29 is 19.1 Å². The molecule has 3 aromatic rings. The molecule has 0 aromatic heterocycles. The number of hydrogen-bond acceptors (Lipinski definition) is 5. The van der Waals surface area contributed by atoms with Crippen LogP contribution in [0.4, 0.5) is 5.69 Å². The molecule has 0 radical (unpaired) electrons. The normalized spacial score (nSPS) is 12.6. The van der Waals surface area contributed by atoms with Crippen LogP contribution in [0.5, 0.6) is 0 Å². The number of carbonyl (C=O) groups is 3. The van der Waals surface area contributed by atoms with Crippen molar-refractivity contribution in [2.75, 3.05) is 18.6 Å². The summed E-state index contributed by atoms with van der Waals surface area (Å²) in [4.78, 5) is 37.9. The van der Waals surface area contributed by atoms with Crippen LogP contribution in [0.1, 0.15) is 26.3 Å². The molecule has 1 N–H and O–H groups in total. The molecular weight excluding hydrogens is 370 g/mol. The Bertz CT molecular complexity index is 1150. The third-order valence-corrected chi connectivity index (χ3v) is 4.69. The largest absolute Gasteiger partial charge is 0.465 e. The number of amides is 2. The zero-order chi connectivity index (χ0) is 20.4. The number of hydrogen-bond donors (Lipinski definition) is 1. The highest BCUT2D eigenvalue weighted by Gasteiger charge is 2.30. The summed E-state index contributed by atoms with van der Waals surface area (Å²) in [6.07, 6.45) is 1.46. The summed E-state index contributed by atoms with van der Waals surface area (Å²) in [5.74, 6) is -1.03. The van der Waals surface area contributed by atoms with Crippen LogP contribution >= 0.6 is 0 Å². The predicted molar refractivity (Wildman–Crippen MR) is 109 cm³/mol. The van der Waals surface area contributed by atoms with E-state index in [-0.39, 0.29) is 12.5 Å². The fourth-order valence-electron chi connectivity index (χ4n) is 3.32. The van der Waals surface area contributed by atoms with Crippen molar-refractivity contribution >= 4 is 40.5 Å². The van der Waals surface area contributed by atoms with Crippen LogP contribution in [0, 0.1) is 0 Å². The molecule has 1 heterocycles. The van der Waals surface area contributed by atoms with Gasteiger partial charge in [0, 0.05) is 10.9 Å². The highest BCUT2D eigenvalue weighted by molar-refractivity contribution is 6.26. The maximum atomic E-state index is 12.7. The molecule has 0 unspecified atom stereocenters. The summed E-state index contributed by atoms with van der Waals surface area (Å²) in [6, 6.07) is 17.8. The molecule has 1 aliphatic rings. The maximum absolute atomic E-state index is 12.7. The number of ether oxygens (including phenoxy) is 1. The Hall–Kier alpha value is -4.00. The second kappa shape index (κ2) is 7.55. The number of anilines is 1. The third kappa shape index (κ3) is 3.45. The van der Waals surface area contributed by atoms with Crippen molar-refractivity contribution in [3.8, 4) is 0 Å². The molecule has 7 heteroatoms. The van der Waals surface area contributed by atoms with Crippen LogP contribution in [-0.2, 0) is 9.53 Å². The van der Waals surface area contributed by atoms with Gasteiger partial charge in [-0.1, -0.05) is 36.4 Å². The van der Waals surface area contributed by atoms with Gasteiger partial charge in [0.1, 0.15) is 6.54 Å². The average molecular weight is 387 g/mol. The predicted octanol–water partition coefficient (Wildman–Crippen LogP) is 2.74. The number of hydrazone groups is 1. The molecular formula is C22H17N3O4. The Labute approximate surface area is 166 Å². The molecule has 0 fully saturated rings. The highest BCUT2D eigenvalue weighted by atomic mass is 16.5. The van der Waals surface area contributed by atoms with Crippen LogP contribution in [0.15, 0.2) is 65.8 Å². The fourth-order valence-corrected chi connectivity index (χ4v) is 3.32. The van der Waals surface area contributed by atoms with Crippen molar-refractivity contribution in [1.82, 2.24) is 5.43 Å². The minimum atomic E-state index is -0.423. The third-order valence-electron chi connectivity index (χ3n) is 4.69. The van der Waals surface area contributed by atoms with Crippen LogP contribution in [0.25, 0.3) is 10.8 Å². The van der Waals surface area contributed by atoms with E-state index in [0.29, 0.717) is 16.7 Å². The minimum Gasteiger partial charge on any atom is -0.465 e. The van der Waals surface area contributed by atoms with E-state index in [1.165, 1.54) is 18.2 Å². The smallest absolute Gasteiger partial charge is 0.337 e. The van der Waals surface area contributed by atoms with Crippen LogP contribution < -0.4 is 10.3 Å². The zero-order valence-electron chi connectivity index (χ0n) is 15.6. The second-order valence-corrected chi connectivity index (χ2v) is 6.48. The Kier molecular flexibility index (Phi) is 4.78. The number of carbonyl (C=O) groups excluding carboxylic acids is 3. The lowest BCUT2D eigenvalue weighted by Crippen LogP contribution is -2.37. The first-order valence-corrected chi connectivity index (χ1v) is 8.92. The van der Waals surface area contributed by atoms with E-state index in [4.69, 9.17) is 0 Å². The molecule has 7 nitrogen and oxygen atoms in total. The van der Waals surface area contributed by atoms with Crippen molar-refractivity contribution in [1.29, 1.82) is 0 Å². The summed E-state index contributed by atoms with van der Waals surface area (Å²) in [5.41, 5.74) is 4.88. The number of benzene rings is 3. The molecule has 1 aliphatic heterocycles. The Morgan fingerprint density at radius 2 is 1.79 bits per heavy atom. The first-order chi connectivity index (χ1) is 14.1. The van der Waals surface area contributed by atoms with Crippen molar-refractivity contribution in [2.45, 2.75) is 0 Å². The number of esters is 1. The fraction of sp³-hybridized carbons (Fsp3) is 0.0909. The number of nitrogens with one attached hydrogen (secondary N) is 1. The molecule has 0 saturated heterocycles. The summed E-state index contributed by atoms with van der Waals surface area (Å²) in [5, 5.41) is 5.75. The second-order valence-electron chi connectivity index (χ2n) is 6.48. The standard InChI is InChI=1S/C22H17N3O4/c1-29-22(28)16-10-8-14(9-11-16)12-23-24-19(26)13-25-18-7-3-5-15-4-2-6-17(20(15)18)21(25)27/h2-12H,13H2,1H3,(H,24,26)/b23-12-. The first kappa shape index (κ1) is 18.4. The van der Waals surface area contributed by atoms with E-state index in [1.54, 1.807) is 30.3 Å². The molecule has 0 bridgehead atoms. The van der Waals surface area contributed by atoms with Gasteiger partial charge >= 0.3 is 5.97 Å². The first-order valence-electron chi connectivity index (χ1n) is 8.92. The van der Waals surface area contributed by atoms with E-state index < -0.39 is 11.9 Å². The lowest BCUT2D eigenvalue weighted by Gasteiger charge is -2.16. The quantitative estimate of drug-likeness (QED) is 0.414. The van der Waals surface area contributed by atoms with E-state index in [2.05, 4.69) is 15.3 Å². The number of rotatable bonds is 5. The monoisotopic (exact) mass is 387 g/mol. The lowest BCUT2D eigenvalue weighted by molar-refractivity contribution is -0.119. The zero-order valence-corrected chi connectivity index (χ0v) is 15.6. The summed E-state index contributed by atoms with van der Waals surface area (Å²) in [7, 11) is 1.32. The SMILES string of the molecule is COC(=O)c1ccc(/C=N\NC(=O)CN2C(=O)c3cccc4cccc2c34)cc1. The van der Waals surface area contributed by atoms with Gasteiger partial charge in [-0.2, -0.15) is 5.10 Å². The van der Waals surface area contributed by atoms with Crippen molar-refractivity contribution in [3.63, 3.8) is 0 Å². The molecule has 29 heavy (non-hydrogen) atoms. The van der Waals surface area contributed by atoms with Gasteiger partial charge in [0.05, 0.1) is 24.6 Å². The van der Waals surface area contributed by atoms with Crippen LogP contribution in [0.2, 0.25) is 0 Å². The maximum Gasteiger partial charge on any atom is 0.337 e. The Morgan fingerprint density at radius 3 is 2.52 bits per heavy atom. The van der Waals surface area contributed by atoms with Gasteiger partial charge in [-0.05, 0) is 35.2 Å². The number of methoxy groups -OCH3 is 1. The number of nitrogens with zero attached hydrogens (tertiary/aromatic N) is 2. The van der Waals surface area contributed by atoms with Gasteiger partial charge in [0.2, 0.25) is 0 Å². The molecule has 144 valence electrons. The molecule has 2 amide bonds. The minimum absolute atomic E-state index is 0.134. The summed E-state index contributed by atoms with van der Waals surface area (Å²) in [6.45, 7) is -0.134. The molecule has 0 aliphatic carbocycles. The topological polar surface area (TPSA) is 88.1 Å². The molecule has 4 rings (SSSR count). The Balaban J connectivity index is 1.42. The van der Waals surface area contributed by atoms with Gasteiger partial charge in [-0.3, -0.25) is 14.5 Å². The van der Waals surface area contributed by atoms with Gasteiger partial charge in [0.15, 0.2) is 0 Å². The van der Waals surface area contributed by atoms with Gasteiger partial charge in [0.25, 0.3) is 11.8 Å². The average Bonchev–Trinajstić information content (AvgIpc) is 3.02. The van der Waals surface area contributed by atoms with Crippen LogP contribution in [0.3, 0.4) is 0 Å². The van der Waals surface area contributed by atoms with Gasteiger partial charge in [-0.15, -0.1) is 0 Å². The Morgan fingerprint density at radius 1 is 1.07 bits per heavy atom. The van der Waals surface area contributed by atoms with E-state index >= 15 is 0 Å². The molecule has 3 aromatic carbocycles. The van der Waals surface area contributed by atoms with E-state index in [1.807, 2.05) is 30.3 Å². The molecule has 0 spiro atoms. The van der Waals surface area contributed by atoms with Gasteiger partial charge in [-0.25, -0.2) is 10.2 Å². The summed E-state index contributed by atoms with van der Waals surface area (Å²) < 4.78 is 4.64. The van der Waals surface area contributed by atoms with E-state index in [9.17, 15) is 14.4 Å². The highest BCUT2D eigenvalue weighted by Crippen LogP contribution is 2.36. The summed E-state index contributed by atoms with van der Waals surface area (Å²) >= 11 is 0. The molecule has 0 atom stereocenters. The van der Waals surface area contributed by atoms with Crippen molar-refractivity contribution in [2.24, 2.45) is 5.10 Å².